The van der Waals surface area contributed by atoms with Crippen molar-refractivity contribution in [2.75, 3.05) is 36.4 Å². The molecular weight excluding hydrogens is 558 g/mol. The molecule has 45 heavy (non-hydrogen) atoms. The summed E-state index contributed by atoms with van der Waals surface area (Å²) in [6, 6.07) is 29.0. The quantitative estimate of drug-likeness (QED) is 0.192. The van der Waals surface area contributed by atoms with Gasteiger partial charge < -0.3 is 20.9 Å². The Morgan fingerprint density at radius 2 is 1.64 bits per heavy atom. The molecule has 6 rings (SSSR count). The average molecular weight is 602 g/mol. The van der Waals surface area contributed by atoms with Gasteiger partial charge in [0.1, 0.15) is 0 Å². The van der Waals surface area contributed by atoms with Gasteiger partial charge in [-0.05, 0) is 104 Å². The highest BCUT2D eigenvalue weighted by atomic mass is 16.2. The van der Waals surface area contributed by atoms with Gasteiger partial charge in [-0.3, -0.25) is 14.6 Å². The van der Waals surface area contributed by atoms with Crippen LogP contribution >= 0.6 is 0 Å². The number of pyridine rings is 1. The summed E-state index contributed by atoms with van der Waals surface area (Å²) in [5.41, 5.74) is 12.7. The summed E-state index contributed by atoms with van der Waals surface area (Å²) >= 11 is 0. The molecule has 1 aromatic heterocycles. The van der Waals surface area contributed by atoms with Crippen molar-refractivity contribution in [3.05, 3.63) is 114 Å². The fourth-order valence-corrected chi connectivity index (χ4v) is 6.32. The van der Waals surface area contributed by atoms with E-state index in [1.54, 1.807) is 24.5 Å². The number of nitrogens with zero attached hydrogens (tertiary/aromatic N) is 3. The Hall–Kier alpha value is -4.49. The lowest BCUT2D eigenvalue weighted by Gasteiger charge is -2.35. The van der Waals surface area contributed by atoms with Crippen molar-refractivity contribution in [2.24, 2.45) is 17.6 Å². The lowest BCUT2D eigenvalue weighted by atomic mass is 9.90. The number of carbonyl (C=O) groups is 2. The van der Waals surface area contributed by atoms with Crippen LogP contribution in [0.5, 0.6) is 0 Å². The Morgan fingerprint density at radius 1 is 0.867 bits per heavy atom. The maximum atomic E-state index is 13.3. The molecule has 2 amide bonds. The Labute approximate surface area is 266 Å². The van der Waals surface area contributed by atoms with Crippen molar-refractivity contribution in [1.82, 2.24) is 9.88 Å². The molecule has 2 aliphatic rings. The smallest absolute Gasteiger partial charge is 0.257 e. The van der Waals surface area contributed by atoms with Crippen LogP contribution in [0.4, 0.5) is 11.4 Å². The molecule has 1 saturated carbocycles. The second-order valence-corrected chi connectivity index (χ2v) is 12.4. The molecule has 7 nitrogen and oxygen atoms in total. The molecule has 0 unspecified atom stereocenters. The van der Waals surface area contributed by atoms with Crippen molar-refractivity contribution in [1.29, 1.82) is 0 Å². The zero-order valence-corrected chi connectivity index (χ0v) is 25.9. The van der Waals surface area contributed by atoms with Gasteiger partial charge in [-0.15, -0.1) is 0 Å². The number of anilines is 2. The third-order valence-electron chi connectivity index (χ3n) is 9.00. The minimum atomic E-state index is -0.177. The summed E-state index contributed by atoms with van der Waals surface area (Å²) in [7, 11) is 0. The van der Waals surface area contributed by atoms with E-state index in [1.807, 2.05) is 11.0 Å². The third-order valence-corrected chi connectivity index (χ3v) is 9.00. The van der Waals surface area contributed by atoms with Gasteiger partial charge in [0.2, 0.25) is 5.91 Å². The van der Waals surface area contributed by atoms with Crippen LogP contribution in [0, 0.1) is 11.8 Å². The SMILES string of the molecule is NCCCN(Cc1cccc(-c2ccc(N3CCC(Cc4ccccc4)CC3)c(NC(=O)c3cccnc3)c2)c1)C(=O)C1CC1. The molecule has 0 atom stereocenters. The van der Waals surface area contributed by atoms with Gasteiger partial charge in [-0.25, -0.2) is 0 Å². The van der Waals surface area contributed by atoms with E-state index in [0.29, 0.717) is 31.1 Å². The highest BCUT2D eigenvalue weighted by Crippen LogP contribution is 2.36. The molecule has 232 valence electrons. The molecule has 1 aliphatic heterocycles. The van der Waals surface area contributed by atoms with Gasteiger partial charge in [-0.1, -0.05) is 54.6 Å². The third kappa shape index (κ3) is 7.97. The predicted octanol–water partition coefficient (Wildman–Crippen LogP) is 6.55. The molecular formula is C38H43N5O2. The number of carbonyl (C=O) groups excluding carboxylic acids is 2. The van der Waals surface area contributed by atoms with Crippen molar-refractivity contribution >= 4 is 23.2 Å². The second kappa shape index (κ2) is 14.5. The highest BCUT2D eigenvalue weighted by molar-refractivity contribution is 6.06. The number of nitrogens with two attached hydrogens (primary N) is 1. The Morgan fingerprint density at radius 3 is 2.38 bits per heavy atom. The highest BCUT2D eigenvalue weighted by Gasteiger charge is 2.33. The molecule has 2 fully saturated rings. The molecule has 7 heteroatoms. The largest absolute Gasteiger partial charge is 0.370 e. The van der Waals surface area contributed by atoms with Gasteiger partial charge in [0.25, 0.3) is 5.91 Å². The fourth-order valence-electron chi connectivity index (χ4n) is 6.32. The molecule has 3 aromatic carbocycles. The topological polar surface area (TPSA) is 91.6 Å². The molecule has 1 aliphatic carbocycles. The first-order valence-corrected chi connectivity index (χ1v) is 16.3. The normalized spacial score (nSPS) is 15.1. The molecule has 1 saturated heterocycles. The Balaban J connectivity index is 1.23. The van der Waals surface area contributed by atoms with E-state index < -0.39 is 0 Å². The van der Waals surface area contributed by atoms with E-state index in [4.69, 9.17) is 5.73 Å². The first kappa shape index (κ1) is 30.5. The standard InChI is InChI=1S/C38H43N5O2/c39-18-6-20-43(38(45)31-12-13-31)27-30-9-4-10-32(24-30)33-14-15-36(35(25-33)41-37(44)34-11-5-19-40-26-34)42-21-16-29(17-22-42)23-28-7-2-1-3-8-28/h1-5,7-11,14-15,19,24-26,29,31H,6,12-13,16-18,20-23,27,39H2,(H,41,44). The van der Waals surface area contributed by atoms with E-state index in [2.05, 4.69) is 81.9 Å². The zero-order chi connectivity index (χ0) is 31.0. The summed E-state index contributed by atoms with van der Waals surface area (Å²) in [4.78, 5) is 34.8. The minimum Gasteiger partial charge on any atom is -0.370 e. The van der Waals surface area contributed by atoms with Gasteiger partial charge in [0.05, 0.1) is 16.9 Å². The van der Waals surface area contributed by atoms with Crippen LogP contribution in [0.1, 0.15) is 53.6 Å². The van der Waals surface area contributed by atoms with Crippen LogP contribution in [-0.4, -0.2) is 47.9 Å². The lowest BCUT2D eigenvalue weighted by molar-refractivity contribution is -0.133. The predicted molar refractivity (Wildman–Crippen MR) is 181 cm³/mol. The van der Waals surface area contributed by atoms with Gasteiger partial charge >= 0.3 is 0 Å². The summed E-state index contributed by atoms with van der Waals surface area (Å²) < 4.78 is 0. The van der Waals surface area contributed by atoms with E-state index in [0.717, 1.165) is 79.7 Å². The first-order chi connectivity index (χ1) is 22.1. The molecule has 0 spiro atoms. The average Bonchev–Trinajstić information content (AvgIpc) is 3.94. The van der Waals surface area contributed by atoms with Crippen LogP contribution in [0.25, 0.3) is 11.1 Å². The van der Waals surface area contributed by atoms with Crippen LogP contribution < -0.4 is 16.0 Å². The summed E-state index contributed by atoms with van der Waals surface area (Å²) in [6.07, 6.45) is 9.35. The number of piperidine rings is 1. The number of nitrogens with one attached hydrogen (secondary N) is 1. The maximum absolute atomic E-state index is 13.3. The maximum Gasteiger partial charge on any atom is 0.257 e. The number of rotatable bonds is 12. The molecule has 4 aromatic rings. The second-order valence-electron chi connectivity index (χ2n) is 12.4. The number of hydrogen-bond donors (Lipinski definition) is 2. The lowest BCUT2D eigenvalue weighted by Crippen LogP contribution is -2.35. The number of amides is 2. The molecule has 0 bridgehead atoms. The number of hydrogen-bond acceptors (Lipinski definition) is 5. The van der Waals surface area contributed by atoms with Gasteiger partial charge in [0, 0.05) is 44.5 Å². The van der Waals surface area contributed by atoms with E-state index in [-0.39, 0.29) is 17.7 Å². The van der Waals surface area contributed by atoms with Gasteiger partial charge in [0.15, 0.2) is 0 Å². The van der Waals surface area contributed by atoms with E-state index in [1.165, 1.54) is 5.56 Å². The van der Waals surface area contributed by atoms with Crippen LogP contribution in [-0.2, 0) is 17.8 Å². The van der Waals surface area contributed by atoms with Crippen molar-refractivity contribution in [3.8, 4) is 11.1 Å². The molecule has 0 radical (unpaired) electrons. The fraction of sp³-hybridized carbons (Fsp3) is 0.342. The Bertz CT molecular complexity index is 1580. The monoisotopic (exact) mass is 601 g/mol. The van der Waals surface area contributed by atoms with Gasteiger partial charge in [-0.2, -0.15) is 0 Å². The van der Waals surface area contributed by atoms with Crippen molar-refractivity contribution in [3.63, 3.8) is 0 Å². The van der Waals surface area contributed by atoms with Crippen LogP contribution in [0.3, 0.4) is 0 Å². The number of benzene rings is 3. The first-order valence-electron chi connectivity index (χ1n) is 16.3. The summed E-state index contributed by atoms with van der Waals surface area (Å²) in [5.74, 6) is 0.887. The van der Waals surface area contributed by atoms with Crippen molar-refractivity contribution < 1.29 is 9.59 Å². The minimum absolute atomic E-state index is 0.174. The Kier molecular flexibility index (Phi) is 9.86. The van der Waals surface area contributed by atoms with E-state index in [9.17, 15) is 9.59 Å². The summed E-state index contributed by atoms with van der Waals surface area (Å²) in [6.45, 7) is 3.70. The molecule has 3 N–H and O–H groups in total. The van der Waals surface area contributed by atoms with E-state index >= 15 is 0 Å². The summed E-state index contributed by atoms with van der Waals surface area (Å²) in [5, 5.41) is 3.20. The zero-order valence-electron chi connectivity index (χ0n) is 25.9. The van der Waals surface area contributed by atoms with Crippen molar-refractivity contribution in [2.45, 2.75) is 45.1 Å². The molecule has 2 heterocycles. The van der Waals surface area contributed by atoms with Crippen LogP contribution in [0.15, 0.2) is 97.3 Å². The number of aromatic nitrogens is 1. The van der Waals surface area contributed by atoms with Crippen LogP contribution in [0.2, 0.25) is 0 Å².